The number of carbonyl (C=O) groups is 2. The molecule has 3 amide bonds. The maximum absolute atomic E-state index is 11.5. The highest BCUT2D eigenvalue weighted by Crippen LogP contribution is 2.16. The molecule has 6 heteroatoms. The fraction of sp³-hybridized carbons (Fsp3) is 0.333. The Hall–Kier alpha value is -1.98. The van der Waals surface area contributed by atoms with Gasteiger partial charge in [0.15, 0.2) is 0 Å². The number of aromatic nitrogens is 2. The van der Waals surface area contributed by atoms with Crippen molar-refractivity contribution < 1.29 is 9.59 Å². The van der Waals surface area contributed by atoms with Crippen molar-refractivity contribution in [2.24, 2.45) is 5.92 Å². The van der Waals surface area contributed by atoms with Gasteiger partial charge in [0.2, 0.25) is 5.91 Å². The minimum Gasteiger partial charge on any atom is -0.290 e. The van der Waals surface area contributed by atoms with Crippen molar-refractivity contribution in [3.63, 3.8) is 0 Å². The zero-order valence-electron chi connectivity index (χ0n) is 8.17. The van der Waals surface area contributed by atoms with Crippen LogP contribution in [0.5, 0.6) is 0 Å². The monoisotopic (exact) mass is 206 g/mol. The Morgan fingerprint density at radius 3 is 2.73 bits per heavy atom. The summed E-state index contributed by atoms with van der Waals surface area (Å²) in [7, 11) is 0. The predicted molar refractivity (Wildman–Crippen MR) is 52.1 cm³/mol. The van der Waals surface area contributed by atoms with E-state index in [1.165, 1.54) is 23.6 Å². The molecule has 1 aromatic rings. The summed E-state index contributed by atoms with van der Waals surface area (Å²) >= 11 is 0. The molecule has 1 atom stereocenters. The largest absolute Gasteiger partial charge is 0.328 e. The van der Waals surface area contributed by atoms with Crippen LogP contribution in [0.4, 0.5) is 10.5 Å². The van der Waals surface area contributed by atoms with Crippen molar-refractivity contribution in [1.29, 1.82) is 0 Å². The first kappa shape index (κ1) is 9.57. The predicted octanol–water partition coefficient (Wildman–Crippen LogP) is 0.169. The van der Waals surface area contributed by atoms with E-state index < -0.39 is 6.03 Å². The first-order valence-electron chi connectivity index (χ1n) is 4.56. The van der Waals surface area contributed by atoms with Crippen molar-refractivity contribution in [2.75, 3.05) is 11.4 Å². The highest BCUT2D eigenvalue weighted by atomic mass is 16.2. The summed E-state index contributed by atoms with van der Waals surface area (Å²) in [6.07, 6.45) is 4.46. The molecule has 1 aliphatic rings. The summed E-state index contributed by atoms with van der Waals surface area (Å²) in [4.78, 5) is 31.8. The molecule has 1 aromatic heterocycles. The third kappa shape index (κ3) is 1.78. The van der Waals surface area contributed by atoms with Gasteiger partial charge in [-0.3, -0.25) is 15.0 Å². The van der Waals surface area contributed by atoms with Crippen molar-refractivity contribution in [3.8, 4) is 0 Å². The molecular formula is C9H10N4O2. The van der Waals surface area contributed by atoms with E-state index in [1.807, 2.05) is 0 Å². The average molecular weight is 206 g/mol. The van der Waals surface area contributed by atoms with Crippen molar-refractivity contribution in [2.45, 2.75) is 6.92 Å². The van der Waals surface area contributed by atoms with Gasteiger partial charge in [-0.05, 0) is 0 Å². The van der Waals surface area contributed by atoms with Crippen LogP contribution < -0.4 is 10.2 Å². The van der Waals surface area contributed by atoms with Gasteiger partial charge in [-0.2, -0.15) is 0 Å². The van der Waals surface area contributed by atoms with Crippen molar-refractivity contribution in [3.05, 3.63) is 18.7 Å². The van der Waals surface area contributed by atoms with E-state index in [1.54, 1.807) is 6.92 Å². The SMILES string of the molecule is CC1CN(c2cncnc2)C(=O)NC1=O. The Morgan fingerprint density at radius 2 is 2.07 bits per heavy atom. The van der Waals surface area contributed by atoms with E-state index in [9.17, 15) is 9.59 Å². The summed E-state index contributed by atoms with van der Waals surface area (Å²) < 4.78 is 0. The number of urea groups is 1. The van der Waals surface area contributed by atoms with Gasteiger partial charge < -0.3 is 0 Å². The van der Waals surface area contributed by atoms with Gasteiger partial charge in [-0.1, -0.05) is 6.92 Å². The number of nitrogens with one attached hydrogen (secondary N) is 1. The molecule has 1 aliphatic heterocycles. The second-order valence-electron chi connectivity index (χ2n) is 3.40. The molecule has 0 aliphatic carbocycles. The first-order valence-corrected chi connectivity index (χ1v) is 4.56. The normalized spacial score (nSPS) is 21.4. The third-order valence-electron chi connectivity index (χ3n) is 2.24. The maximum atomic E-state index is 11.5. The van der Waals surface area contributed by atoms with Crippen LogP contribution in [0.2, 0.25) is 0 Å². The van der Waals surface area contributed by atoms with Crippen LogP contribution in [-0.2, 0) is 4.79 Å². The summed E-state index contributed by atoms with van der Waals surface area (Å²) in [5, 5.41) is 2.27. The summed E-state index contributed by atoms with van der Waals surface area (Å²) in [6, 6.07) is -0.423. The molecular weight excluding hydrogens is 196 g/mol. The number of nitrogens with zero attached hydrogens (tertiary/aromatic N) is 3. The van der Waals surface area contributed by atoms with Crippen LogP contribution in [0, 0.1) is 5.92 Å². The maximum Gasteiger partial charge on any atom is 0.328 e. The van der Waals surface area contributed by atoms with E-state index in [2.05, 4.69) is 15.3 Å². The van der Waals surface area contributed by atoms with Gasteiger partial charge >= 0.3 is 6.03 Å². The first-order chi connectivity index (χ1) is 7.18. The summed E-state index contributed by atoms with van der Waals surface area (Å²) in [6.45, 7) is 2.12. The summed E-state index contributed by atoms with van der Waals surface area (Å²) in [5.74, 6) is -0.462. The number of amides is 3. The molecule has 15 heavy (non-hydrogen) atoms. The number of imide groups is 1. The smallest absolute Gasteiger partial charge is 0.290 e. The lowest BCUT2D eigenvalue weighted by atomic mass is 10.1. The van der Waals surface area contributed by atoms with Crippen LogP contribution >= 0.6 is 0 Å². The molecule has 0 bridgehead atoms. The molecule has 0 saturated carbocycles. The van der Waals surface area contributed by atoms with Crippen LogP contribution in [-0.4, -0.2) is 28.5 Å². The Bertz CT molecular complexity index is 392. The molecule has 1 saturated heterocycles. The minimum atomic E-state index is -0.423. The lowest BCUT2D eigenvalue weighted by Crippen LogP contribution is -2.53. The van der Waals surface area contributed by atoms with Gasteiger partial charge in [0.25, 0.3) is 0 Å². The quantitative estimate of drug-likeness (QED) is 0.710. The van der Waals surface area contributed by atoms with Gasteiger partial charge in [-0.15, -0.1) is 0 Å². The Balaban J connectivity index is 2.23. The van der Waals surface area contributed by atoms with E-state index >= 15 is 0 Å². The molecule has 6 nitrogen and oxygen atoms in total. The minimum absolute atomic E-state index is 0.220. The molecule has 0 radical (unpaired) electrons. The Morgan fingerprint density at radius 1 is 1.40 bits per heavy atom. The number of carbonyl (C=O) groups excluding carboxylic acids is 2. The lowest BCUT2D eigenvalue weighted by Gasteiger charge is -2.29. The zero-order valence-corrected chi connectivity index (χ0v) is 8.17. The third-order valence-corrected chi connectivity index (χ3v) is 2.24. The van der Waals surface area contributed by atoms with Gasteiger partial charge in [0, 0.05) is 6.54 Å². The summed E-state index contributed by atoms with van der Waals surface area (Å²) in [5.41, 5.74) is 0.592. The standard InChI is InChI=1S/C9H10N4O2/c1-6-4-13(9(15)12-8(6)14)7-2-10-5-11-3-7/h2-3,5-6H,4H2,1H3,(H,12,14,15). The number of anilines is 1. The fourth-order valence-electron chi connectivity index (χ4n) is 1.39. The molecule has 2 rings (SSSR count). The van der Waals surface area contributed by atoms with Crippen LogP contribution in [0.15, 0.2) is 18.7 Å². The van der Waals surface area contributed by atoms with Crippen molar-refractivity contribution >= 4 is 17.6 Å². The van der Waals surface area contributed by atoms with E-state index in [4.69, 9.17) is 0 Å². The van der Waals surface area contributed by atoms with Crippen LogP contribution in [0.1, 0.15) is 6.92 Å². The lowest BCUT2D eigenvalue weighted by molar-refractivity contribution is -0.123. The number of hydrogen-bond donors (Lipinski definition) is 1. The molecule has 1 unspecified atom stereocenters. The molecule has 78 valence electrons. The second-order valence-corrected chi connectivity index (χ2v) is 3.40. The second kappa shape index (κ2) is 3.64. The highest BCUT2D eigenvalue weighted by Gasteiger charge is 2.30. The number of rotatable bonds is 1. The molecule has 0 spiro atoms. The molecule has 1 N–H and O–H groups in total. The number of hydrogen-bond acceptors (Lipinski definition) is 4. The van der Waals surface area contributed by atoms with Crippen molar-refractivity contribution in [1.82, 2.24) is 15.3 Å². The van der Waals surface area contributed by atoms with E-state index in [0.29, 0.717) is 12.2 Å². The van der Waals surface area contributed by atoms with Crippen LogP contribution in [0.3, 0.4) is 0 Å². The molecule has 2 heterocycles. The van der Waals surface area contributed by atoms with Gasteiger partial charge in [-0.25, -0.2) is 14.8 Å². The molecule has 0 aromatic carbocycles. The highest BCUT2D eigenvalue weighted by molar-refractivity contribution is 6.06. The van der Waals surface area contributed by atoms with Gasteiger partial charge in [0.05, 0.1) is 24.0 Å². The Labute approximate surface area is 86.3 Å². The van der Waals surface area contributed by atoms with E-state index in [-0.39, 0.29) is 11.8 Å². The molecule has 1 fully saturated rings. The zero-order chi connectivity index (χ0) is 10.8. The van der Waals surface area contributed by atoms with Crippen LogP contribution in [0.25, 0.3) is 0 Å². The average Bonchev–Trinajstić information content (AvgIpc) is 2.25. The fourth-order valence-corrected chi connectivity index (χ4v) is 1.39. The Kier molecular flexibility index (Phi) is 2.32. The van der Waals surface area contributed by atoms with E-state index in [0.717, 1.165) is 0 Å². The van der Waals surface area contributed by atoms with Gasteiger partial charge in [0.1, 0.15) is 6.33 Å². The topological polar surface area (TPSA) is 75.2 Å².